The fourth-order valence-corrected chi connectivity index (χ4v) is 1.61. The highest BCUT2D eigenvalue weighted by molar-refractivity contribution is 5.90. The summed E-state index contributed by atoms with van der Waals surface area (Å²) in [5.41, 5.74) is 2.88. The summed E-state index contributed by atoms with van der Waals surface area (Å²) in [6.07, 6.45) is 1.15. The smallest absolute Gasteiger partial charge is 0.390 e. The van der Waals surface area contributed by atoms with Gasteiger partial charge in [0.2, 0.25) is 12.2 Å². The van der Waals surface area contributed by atoms with Gasteiger partial charge in [-0.25, -0.2) is 0 Å². The van der Waals surface area contributed by atoms with E-state index in [1.807, 2.05) is 26.0 Å². The maximum absolute atomic E-state index is 11.8. The van der Waals surface area contributed by atoms with Crippen LogP contribution in [0.2, 0.25) is 0 Å². The molecule has 0 spiro atoms. The summed E-state index contributed by atoms with van der Waals surface area (Å²) >= 11 is 0. The first-order valence-corrected chi connectivity index (χ1v) is 5.86. The second kappa shape index (κ2) is 5.47. The van der Waals surface area contributed by atoms with Crippen molar-refractivity contribution in [3.63, 3.8) is 0 Å². The minimum Gasteiger partial charge on any atom is -0.390 e. The number of nitrogens with zero attached hydrogens (tertiary/aromatic N) is 4. The third kappa shape index (κ3) is 3.16. The molecule has 1 amide bonds. The topological polar surface area (TPSA) is 103 Å². The lowest BCUT2D eigenvalue weighted by molar-refractivity contribution is -0.394. The molecule has 1 aromatic heterocycles. The summed E-state index contributed by atoms with van der Waals surface area (Å²) in [7, 11) is 0. The fraction of sp³-hybridized carbons (Fsp3) is 0.250. The zero-order chi connectivity index (χ0) is 14.7. The van der Waals surface area contributed by atoms with Crippen molar-refractivity contribution in [1.82, 2.24) is 14.8 Å². The van der Waals surface area contributed by atoms with Crippen molar-refractivity contribution in [2.24, 2.45) is 0 Å². The van der Waals surface area contributed by atoms with Gasteiger partial charge in [0.05, 0.1) is 0 Å². The Labute approximate surface area is 114 Å². The summed E-state index contributed by atoms with van der Waals surface area (Å²) in [5.74, 6) is -0.850. The van der Waals surface area contributed by atoms with Gasteiger partial charge < -0.3 is 15.4 Å². The van der Waals surface area contributed by atoms with Gasteiger partial charge in [-0.2, -0.15) is 4.68 Å². The Bertz CT molecular complexity index is 665. The second-order valence-electron chi connectivity index (χ2n) is 4.35. The van der Waals surface area contributed by atoms with E-state index in [9.17, 15) is 14.9 Å². The third-order valence-corrected chi connectivity index (χ3v) is 2.78. The number of nitrogens with one attached hydrogen (secondary N) is 1. The third-order valence-electron chi connectivity index (χ3n) is 2.78. The van der Waals surface area contributed by atoms with Gasteiger partial charge in [-0.15, -0.1) is 0 Å². The number of aromatic nitrogens is 3. The highest BCUT2D eigenvalue weighted by Crippen LogP contribution is 2.14. The van der Waals surface area contributed by atoms with Crippen LogP contribution in [0.15, 0.2) is 24.5 Å². The molecule has 0 atom stereocenters. The molecule has 1 heterocycles. The molecule has 20 heavy (non-hydrogen) atoms. The molecule has 8 heteroatoms. The lowest BCUT2D eigenvalue weighted by Gasteiger charge is -2.06. The van der Waals surface area contributed by atoms with E-state index in [1.165, 1.54) is 0 Å². The molecule has 0 radical (unpaired) electrons. The van der Waals surface area contributed by atoms with Crippen molar-refractivity contribution in [2.45, 2.75) is 20.4 Å². The number of aryl methyl sites for hydroxylation is 2. The summed E-state index contributed by atoms with van der Waals surface area (Å²) in [6.45, 7) is 3.80. The minimum atomic E-state index is -0.711. The Morgan fingerprint density at radius 1 is 1.40 bits per heavy atom. The van der Waals surface area contributed by atoms with Gasteiger partial charge in [0.15, 0.2) is 0 Å². The molecule has 2 rings (SSSR count). The van der Waals surface area contributed by atoms with Gasteiger partial charge in [-0.3, -0.25) is 4.79 Å². The van der Waals surface area contributed by atoms with Crippen molar-refractivity contribution in [1.29, 1.82) is 0 Å². The van der Waals surface area contributed by atoms with Crippen LogP contribution in [0, 0.1) is 24.0 Å². The van der Waals surface area contributed by atoms with Crippen molar-refractivity contribution >= 4 is 17.5 Å². The lowest BCUT2D eigenvalue weighted by atomic mass is 10.1. The molecule has 104 valence electrons. The molecule has 0 bridgehead atoms. The van der Waals surface area contributed by atoms with Gasteiger partial charge >= 0.3 is 5.95 Å². The number of carbonyl (C=O) groups is 1. The highest BCUT2D eigenvalue weighted by atomic mass is 16.6. The predicted octanol–water partition coefficient (Wildman–Crippen LogP) is 1.44. The average Bonchev–Trinajstić information content (AvgIpc) is 2.82. The molecule has 0 fully saturated rings. The molecule has 0 saturated heterocycles. The summed E-state index contributed by atoms with van der Waals surface area (Å²) in [6, 6.07) is 5.56. The SMILES string of the molecule is Cc1ccc(NC(=O)Cn2cnc([N+](=O)[O-])n2)cc1C. The Morgan fingerprint density at radius 2 is 2.15 bits per heavy atom. The Hall–Kier alpha value is -2.77. The number of anilines is 1. The van der Waals surface area contributed by atoms with Crippen LogP contribution in [-0.2, 0) is 11.3 Å². The molecular weight excluding hydrogens is 262 g/mol. The first-order chi connectivity index (χ1) is 9.45. The van der Waals surface area contributed by atoms with Gasteiger partial charge in [0.25, 0.3) is 0 Å². The molecule has 2 aromatic rings. The number of carbonyl (C=O) groups excluding carboxylic acids is 1. The van der Waals surface area contributed by atoms with Crippen LogP contribution < -0.4 is 5.32 Å². The Kier molecular flexibility index (Phi) is 3.74. The van der Waals surface area contributed by atoms with E-state index in [2.05, 4.69) is 15.4 Å². The number of benzene rings is 1. The van der Waals surface area contributed by atoms with Crippen molar-refractivity contribution < 1.29 is 9.72 Å². The van der Waals surface area contributed by atoms with E-state index >= 15 is 0 Å². The predicted molar refractivity (Wildman–Crippen MR) is 71.2 cm³/mol. The maximum atomic E-state index is 11.8. The summed E-state index contributed by atoms with van der Waals surface area (Å²) in [5, 5.41) is 16.7. The van der Waals surface area contributed by atoms with Crippen LogP contribution in [0.1, 0.15) is 11.1 Å². The number of hydrogen-bond acceptors (Lipinski definition) is 5. The van der Waals surface area contributed by atoms with Crippen LogP contribution in [0.5, 0.6) is 0 Å². The average molecular weight is 275 g/mol. The van der Waals surface area contributed by atoms with Crippen molar-refractivity contribution in [2.75, 3.05) is 5.32 Å². The molecule has 0 saturated carbocycles. The van der Waals surface area contributed by atoms with Gasteiger partial charge in [-0.05, 0) is 42.0 Å². The number of nitro groups is 1. The van der Waals surface area contributed by atoms with E-state index in [0.717, 1.165) is 22.1 Å². The van der Waals surface area contributed by atoms with Crippen LogP contribution >= 0.6 is 0 Å². The molecular formula is C12H13N5O3. The van der Waals surface area contributed by atoms with E-state index in [0.29, 0.717) is 5.69 Å². The minimum absolute atomic E-state index is 0.131. The van der Waals surface area contributed by atoms with Crippen LogP contribution in [-0.4, -0.2) is 25.6 Å². The molecule has 0 aliphatic rings. The Morgan fingerprint density at radius 3 is 2.75 bits per heavy atom. The molecule has 0 aliphatic carbocycles. The molecule has 1 aromatic carbocycles. The normalized spacial score (nSPS) is 10.3. The van der Waals surface area contributed by atoms with E-state index in [-0.39, 0.29) is 12.5 Å². The van der Waals surface area contributed by atoms with E-state index in [1.54, 1.807) is 6.07 Å². The number of rotatable bonds is 4. The molecule has 0 aliphatic heterocycles. The van der Waals surface area contributed by atoms with Gasteiger partial charge in [0, 0.05) is 10.8 Å². The van der Waals surface area contributed by atoms with E-state index < -0.39 is 10.9 Å². The highest BCUT2D eigenvalue weighted by Gasteiger charge is 2.15. The zero-order valence-corrected chi connectivity index (χ0v) is 11.0. The molecule has 8 nitrogen and oxygen atoms in total. The standard InChI is InChI=1S/C12H13N5O3/c1-8-3-4-10(5-9(8)2)14-11(18)6-16-7-13-12(15-16)17(19)20/h3-5,7H,6H2,1-2H3,(H,14,18). The monoisotopic (exact) mass is 275 g/mol. The second-order valence-corrected chi connectivity index (χ2v) is 4.35. The van der Waals surface area contributed by atoms with Crippen LogP contribution in [0.25, 0.3) is 0 Å². The van der Waals surface area contributed by atoms with Gasteiger partial charge in [-0.1, -0.05) is 11.1 Å². The van der Waals surface area contributed by atoms with Crippen LogP contribution in [0.3, 0.4) is 0 Å². The summed E-state index contributed by atoms with van der Waals surface area (Å²) < 4.78 is 1.12. The van der Waals surface area contributed by atoms with E-state index in [4.69, 9.17) is 0 Å². The zero-order valence-electron chi connectivity index (χ0n) is 11.0. The summed E-state index contributed by atoms with van der Waals surface area (Å²) in [4.78, 5) is 25.0. The number of hydrogen-bond donors (Lipinski definition) is 1. The lowest BCUT2D eigenvalue weighted by Crippen LogP contribution is -2.19. The molecule has 1 N–H and O–H groups in total. The quantitative estimate of drug-likeness (QED) is 0.671. The first-order valence-electron chi connectivity index (χ1n) is 5.86. The van der Waals surface area contributed by atoms with Crippen molar-refractivity contribution in [3.8, 4) is 0 Å². The first kappa shape index (κ1) is 13.7. The van der Waals surface area contributed by atoms with Crippen LogP contribution in [0.4, 0.5) is 11.6 Å². The molecule has 0 unspecified atom stereocenters. The largest absolute Gasteiger partial charge is 0.490 e. The fourth-order valence-electron chi connectivity index (χ4n) is 1.61. The Balaban J connectivity index is 2.01. The van der Waals surface area contributed by atoms with Crippen molar-refractivity contribution in [3.05, 3.63) is 45.8 Å². The maximum Gasteiger partial charge on any atom is 0.490 e. The van der Waals surface area contributed by atoms with Gasteiger partial charge in [0.1, 0.15) is 6.54 Å². The number of amides is 1.